The summed E-state index contributed by atoms with van der Waals surface area (Å²) in [4.78, 5) is 11.9. The van der Waals surface area contributed by atoms with Crippen LogP contribution in [0.1, 0.15) is 21.5 Å². The number of carbonyl (C=O) groups is 1. The molecule has 0 aliphatic rings. The SMILES string of the molecule is CN(C)C(=O)c1ccc(Cl)c(NS(=O)(=O)c2cc(C(F)(F)F)cc(C(F)(F)F)c2)c1. The minimum Gasteiger partial charge on any atom is -0.345 e. The average molecular weight is 475 g/mol. The molecule has 0 aliphatic heterocycles. The monoisotopic (exact) mass is 474 g/mol. The van der Waals surface area contributed by atoms with Crippen LogP contribution in [0.2, 0.25) is 5.02 Å². The number of amides is 1. The zero-order valence-corrected chi connectivity index (χ0v) is 16.8. The van der Waals surface area contributed by atoms with E-state index >= 15 is 0 Å². The molecule has 1 N–H and O–H groups in total. The van der Waals surface area contributed by atoms with Crippen LogP contribution in [-0.2, 0) is 22.4 Å². The van der Waals surface area contributed by atoms with Gasteiger partial charge in [0.2, 0.25) is 0 Å². The molecule has 13 heteroatoms. The summed E-state index contributed by atoms with van der Waals surface area (Å²) >= 11 is 5.87. The summed E-state index contributed by atoms with van der Waals surface area (Å²) in [5.41, 5.74) is -3.99. The van der Waals surface area contributed by atoms with Crippen molar-refractivity contribution in [3.8, 4) is 0 Å². The number of nitrogens with one attached hydrogen (secondary N) is 1. The topological polar surface area (TPSA) is 66.5 Å². The van der Waals surface area contributed by atoms with E-state index in [1.165, 1.54) is 25.1 Å². The normalized spacial score (nSPS) is 12.6. The maximum Gasteiger partial charge on any atom is 0.416 e. The second-order valence-electron chi connectivity index (χ2n) is 6.24. The third-order valence-electron chi connectivity index (χ3n) is 3.74. The minimum absolute atomic E-state index is 0.0119. The fraction of sp³-hybridized carbons (Fsp3) is 0.235. The molecule has 5 nitrogen and oxygen atoms in total. The molecule has 0 fully saturated rings. The highest BCUT2D eigenvalue weighted by atomic mass is 35.5. The summed E-state index contributed by atoms with van der Waals surface area (Å²) in [5, 5.41) is -0.225. The molecule has 0 saturated carbocycles. The second kappa shape index (κ2) is 7.99. The largest absolute Gasteiger partial charge is 0.416 e. The number of sulfonamides is 1. The standard InChI is InChI=1S/C17H13ClF6N2O3S/c1-26(2)15(27)9-3-4-13(18)14(5-9)25-30(28,29)12-7-10(16(19,20)21)6-11(8-12)17(22,23)24/h3-8,25H,1-2H3. The van der Waals surface area contributed by atoms with Crippen molar-refractivity contribution in [2.24, 2.45) is 0 Å². The molecule has 0 aliphatic carbocycles. The molecule has 2 aromatic carbocycles. The van der Waals surface area contributed by atoms with Gasteiger partial charge in [-0.25, -0.2) is 8.42 Å². The van der Waals surface area contributed by atoms with E-state index in [0.717, 1.165) is 12.1 Å². The fourth-order valence-electron chi connectivity index (χ4n) is 2.28. The van der Waals surface area contributed by atoms with Crippen molar-refractivity contribution in [3.63, 3.8) is 0 Å². The molecule has 2 aromatic rings. The molecule has 0 unspecified atom stereocenters. The van der Waals surface area contributed by atoms with E-state index in [2.05, 4.69) is 0 Å². The summed E-state index contributed by atoms with van der Waals surface area (Å²) in [7, 11) is -2.09. The molecule has 0 spiro atoms. The molecule has 0 saturated heterocycles. The van der Waals surface area contributed by atoms with Crippen molar-refractivity contribution in [1.82, 2.24) is 4.90 Å². The minimum atomic E-state index is -5.22. The first-order valence-electron chi connectivity index (χ1n) is 7.86. The van der Waals surface area contributed by atoms with Gasteiger partial charge in [-0.15, -0.1) is 0 Å². The Kier molecular flexibility index (Phi) is 6.34. The first-order chi connectivity index (χ1) is 13.5. The quantitative estimate of drug-likeness (QED) is 0.642. The lowest BCUT2D eigenvalue weighted by atomic mass is 10.1. The Morgan fingerprint density at radius 2 is 1.43 bits per heavy atom. The van der Waals surface area contributed by atoms with Gasteiger partial charge in [-0.2, -0.15) is 26.3 Å². The molecule has 0 aromatic heterocycles. The van der Waals surface area contributed by atoms with Crippen molar-refractivity contribution in [2.45, 2.75) is 17.2 Å². The lowest BCUT2D eigenvalue weighted by Crippen LogP contribution is -2.22. The van der Waals surface area contributed by atoms with Crippen LogP contribution >= 0.6 is 11.6 Å². The van der Waals surface area contributed by atoms with Crippen LogP contribution in [0.15, 0.2) is 41.3 Å². The van der Waals surface area contributed by atoms with E-state index in [1.54, 1.807) is 0 Å². The summed E-state index contributed by atoms with van der Waals surface area (Å²) in [6, 6.07) is 3.39. The lowest BCUT2D eigenvalue weighted by Gasteiger charge is -2.16. The Morgan fingerprint density at radius 3 is 1.87 bits per heavy atom. The second-order valence-corrected chi connectivity index (χ2v) is 8.33. The van der Waals surface area contributed by atoms with Gasteiger partial charge in [0, 0.05) is 19.7 Å². The number of halogens is 7. The highest BCUT2D eigenvalue weighted by Crippen LogP contribution is 2.38. The fourth-order valence-corrected chi connectivity index (χ4v) is 3.64. The Hall–Kier alpha value is -2.47. The average Bonchev–Trinajstić information content (AvgIpc) is 2.60. The van der Waals surface area contributed by atoms with Crippen molar-refractivity contribution < 1.29 is 39.6 Å². The number of benzene rings is 2. The van der Waals surface area contributed by atoms with Crippen molar-refractivity contribution >= 4 is 33.2 Å². The Labute approximate surface area is 172 Å². The van der Waals surface area contributed by atoms with Gasteiger partial charge in [-0.05, 0) is 36.4 Å². The zero-order valence-electron chi connectivity index (χ0n) is 15.2. The van der Waals surface area contributed by atoms with Gasteiger partial charge in [0.15, 0.2) is 0 Å². The molecular weight excluding hydrogens is 462 g/mol. The van der Waals surface area contributed by atoms with Crippen LogP contribution in [0.25, 0.3) is 0 Å². The predicted octanol–water partition coefficient (Wildman–Crippen LogP) is 4.88. The summed E-state index contributed by atoms with van der Waals surface area (Å²) < 4.78 is 105. The zero-order chi connectivity index (χ0) is 23.1. The maximum absolute atomic E-state index is 13.0. The van der Waals surface area contributed by atoms with Gasteiger partial charge in [0.05, 0.1) is 26.7 Å². The number of nitrogens with zero attached hydrogens (tertiary/aromatic N) is 1. The summed E-state index contributed by atoms with van der Waals surface area (Å²) in [6.45, 7) is 0. The molecule has 2 rings (SSSR count). The van der Waals surface area contributed by atoms with Crippen LogP contribution in [0, 0.1) is 0 Å². The van der Waals surface area contributed by atoms with Crippen LogP contribution in [-0.4, -0.2) is 33.3 Å². The van der Waals surface area contributed by atoms with Gasteiger partial charge < -0.3 is 4.90 Å². The number of anilines is 1. The number of rotatable bonds is 4. The van der Waals surface area contributed by atoms with E-state index in [4.69, 9.17) is 11.6 Å². The van der Waals surface area contributed by atoms with Gasteiger partial charge in [-0.1, -0.05) is 11.6 Å². The van der Waals surface area contributed by atoms with Crippen molar-refractivity contribution in [3.05, 3.63) is 58.1 Å². The maximum atomic E-state index is 13.0. The van der Waals surface area contributed by atoms with Gasteiger partial charge in [0.1, 0.15) is 0 Å². The van der Waals surface area contributed by atoms with Gasteiger partial charge in [-0.3, -0.25) is 9.52 Å². The van der Waals surface area contributed by atoms with Gasteiger partial charge in [0.25, 0.3) is 15.9 Å². The molecule has 0 heterocycles. The smallest absolute Gasteiger partial charge is 0.345 e. The summed E-state index contributed by atoms with van der Waals surface area (Å²) in [6.07, 6.45) is -10.4. The van der Waals surface area contributed by atoms with E-state index < -0.39 is 50.0 Å². The highest BCUT2D eigenvalue weighted by Gasteiger charge is 2.38. The van der Waals surface area contributed by atoms with E-state index in [1.807, 2.05) is 4.72 Å². The van der Waals surface area contributed by atoms with E-state index in [-0.39, 0.29) is 28.8 Å². The molecule has 0 radical (unpaired) electrons. The Morgan fingerprint density at radius 1 is 0.933 bits per heavy atom. The third-order valence-corrected chi connectivity index (χ3v) is 5.41. The van der Waals surface area contributed by atoms with Crippen LogP contribution < -0.4 is 4.72 Å². The molecular formula is C17H13ClF6N2O3S. The van der Waals surface area contributed by atoms with Crippen LogP contribution in [0.4, 0.5) is 32.0 Å². The first-order valence-corrected chi connectivity index (χ1v) is 9.72. The third kappa shape index (κ3) is 5.36. The summed E-state index contributed by atoms with van der Waals surface area (Å²) in [5.74, 6) is -0.537. The first kappa shape index (κ1) is 23.8. The number of hydrogen-bond donors (Lipinski definition) is 1. The van der Waals surface area contributed by atoms with Crippen molar-refractivity contribution in [2.75, 3.05) is 18.8 Å². The van der Waals surface area contributed by atoms with Crippen molar-refractivity contribution in [1.29, 1.82) is 0 Å². The number of carbonyl (C=O) groups excluding carboxylic acids is 1. The molecule has 0 atom stereocenters. The predicted molar refractivity (Wildman–Crippen MR) is 96.7 cm³/mol. The molecule has 30 heavy (non-hydrogen) atoms. The number of hydrogen-bond acceptors (Lipinski definition) is 3. The Bertz CT molecular complexity index is 1050. The molecule has 1 amide bonds. The van der Waals surface area contributed by atoms with Gasteiger partial charge >= 0.3 is 12.4 Å². The Balaban J connectivity index is 2.58. The lowest BCUT2D eigenvalue weighted by molar-refractivity contribution is -0.143. The highest BCUT2D eigenvalue weighted by molar-refractivity contribution is 7.92. The molecule has 164 valence electrons. The van der Waals surface area contributed by atoms with Crippen LogP contribution in [0.3, 0.4) is 0 Å². The number of alkyl halides is 6. The van der Waals surface area contributed by atoms with E-state index in [9.17, 15) is 39.6 Å². The van der Waals surface area contributed by atoms with E-state index in [0.29, 0.717) is 0 Å². The molecule has 0 bridgehead atoms. The van der Waals surface area contributed by atoms with Crippen LogP contribution in [0.5, 0.6) is 0 Å².